The Morgan fingerprint density at radius 2 is 1.92 bits per heavy atom. The van der Waals surface area contributed by atoms with Gasteiger partial charge in [-0.1, -0.05) is 12.6 Å². The van der Waals surface area contributed by atoms with E-state index in [2.05, 4.69) is 41.5 Å². The van der Waals surface area contributed by atoms with Crippen molar-refractivity contribution in [3.8, 4) is 0 Å². The van der Waals surface area contributed by atoms with Crippen molar-refractivity contribution in [3.63, 3.8) is 0 Å². The number of carbonyl (C=O) groups excluding carboxylic acids is 1. The second-order valence-corrected chi connectivity index (χ2v) is 12.9. The number of esters is 1. The molecule has 0 aliphatic carbocycles. The number of hydrogen-bond acceptors (Lipinski definition) is 7. The van der Waals surface area contributed by atoms with Crippen molar-refractivity contribution in [1.82, 2.24) is 0 Å². The molecule has 0 saturated carbocycles. The van der Waals surface area contributed by atoms with E-state index in [0.717, 1.165) is 12.5 Å². The summed E-state index contributed by atoms with van der Waals surface area (Å²) in [5.74, 6) is -1.21. The third kappa shape index (κ3) is 7.43. The summed E-state index contributed by atoms with van der Waals surface area (Å²) in [4.78, 5) is 12.0. The molecule has 0 bridgehead atoms. The Morgan fingerprint density at radius 3 is 2.46 bits per heavy atom. The van der Waals surface area contributed by atoms with Crippen LogP contribution in [0.5, 0.6) is 0 Å². The first kappa shape index (κ1) is 25.0. The Hall–Kier alpha value is 0.994. The summed E-state index contributed by atoms with van der Waals surface area (Å²) in [6, 6.07) is 1.09. The summed E-state index contributed by atoms with van der Waals surface area (Å²) in [6.45, 7) is 6.32. The highest BCUT2D eigenvalue weighted by Gasteiger charge is 2.54. The Morgan fingerprint density at radius 1 is 1.23 bits per heavy atom. The fourth-order valence-corrected chi connectivity index (χ4v) is 9.25. The van der Waals surface area contributed by atoms with Crippen LogP contribution in [0.15, 0.2) is 0 Å². The van der Waals surface area contributed by atoms with Crippen LogP contribution in [0.2, 0.25) is 24.8 Å². The maximum atomic E-state index is 12.0. The minimum Gasteiger partial charge on any atom is -0.463 e. The summed E-state index contributed by atoms with van der Waals surface area (Å²) in [5.41, 5.74) is 1.19. The highest BCUT2D eigenvalue weighted by Crippen LogP contribution is 2.39. The normalized spacial score (nSPS) is 28.9. The van der Waals surface area contributed by atoms with Gasteiger partial charge in [0.05, 0.1) is 0 Å². The van der Waals surface area contributed by atoms with Crippen LogP contribution in [-0.4, -0.2) is 61.6 Å². The van der Waals surface area contributed by atoms with Crippen molar-refractivity contribution < 1.29 is 32.3 Å². The Kier molecular flexibility index (Phi) is 12.1. The van der Waals surface area contributed by atoms with Gasteiger partial charge in [0.25, 0.3) is 0 Å². The van der Waals surface area contributed by atoms with Gasteiger partial charge in [-0.25, -0.2) is 0 Å². The van der Waals surface area contributed by atoms with Crippen LogP contribution >= 0.6 is 28.4 Å². The molecule has 0 aromatic rings. The molecule has 2 radical (unpaired) electrons. The quantitative estimate of drug-likeness (QED) is 0.252. The molecule has 7 atom stereocenters. The minimum atomic E-state index is -0.995. The van der Waals surface area contributed by atoms with Gasteiger partial charge in [0.2, 0.25) is 9.04 Å². The fourth-order valence-electron chi connectivity index (χ4n) is 2.88. The van der Waals surface area contributed by atoms with Gasteiger partial charge in [-0.15, -0.1) is 0 Å². The molecule has 1 aliphatic rings. The van der Waals surface area contributed by atoms with Gasteiger partial charge in [0.15, 0.2) is 5.79 Å². The lowest BCUT2D eigenvalue weighted by Crippen LogP contribution is -2.41. The molecule has 26 heavy (non-hydrogen) atoms. The Bertz CT molecular complexity index is 437. The molecule has 12 heteroatoms. The van der Waals surface area contributed by atoms with E-state index in [1.165, 1.54) is 5.67 Å². The molecule has 1 fully saturated rings. The third-order valence-corrected chi connectivity index (χ3v) is 11.8. The molecule has 1 saturated heterocycles. The molecule has 152 valence electrons. The van der Waals surface area contributed by atoms with Gasteiger partial charge in [0, 0.05) is 50.7 Å². The molecule has 7 nitrogen and oxygen atoms in total. The molecule has 0 aromatic carbocycles. The Labute approximate surface area is 167 Å². The summed E-state index contributed by atoms with van der Waals surface area (Å²) in [6.07, 6.45) is -0.101. The van der Waals surface area contributed by atoms with Gasteiger partial charge in [-0.2, -0.15) is 0 Å². The van der Waals surface area contributed by atoms with Crippen LogP contribution in [0.1, 0.15) is 19.8 Å². The predicted octanol–water partition coefficient (Wildman–Crippen LogP) is 2.51. The molecule has 0 spiro atoms. The predicted molar refractivity (Wildman–Crippen MR) is 113 cm³/mol. The highest BCUT2D eigenvalue weighted by molar-refractivity contribution is 7.10. The molecule has 1 heterocycles. The van der Waals surface area contributed by atoms with Crippen molar-refractivity contribution in [2.45, 2.75) is 68.7 Å². The van der Waals surface area contributed by atoms with Crippen molar-refractivity contribution in [3.05, 3.63) is 0 Å². The zero-order valence-corrected chi connectivity index (χ0v) is 21.3. The third-order valence-electron chi connectivity index (χ3n) is 4.40. The number of hydrogen-bond donors (Lipinski definition) is 0. The maximum absolute atomic E-state index is 12.0. The molecule has 0 aromatic heterocycles. The molecular formula is C14H31O7P3Si2. The first-order chi connectivity index (χ1) is 12.3. The van der Waals surface area contributed by atoms with E-state index in [4.69, 9.17) is 27.5 Å². The van der Waals surface area contributed by atoms with E-state index in [-0.39, 0.29) is 12.6 Å². The molecule has 1 aliphatic heterocycles. The smallest absolute Gasteiger partial charge is 0.305 e. The van der Waals surface area contributed by atoms with Crippen LogP contribution < -0.4 is 0 Å². The summed E-state index contributed by atoms with van der Waals surface area (Å²) < 4.78 is 32.7. The summed E-state index contributed by atoms with van der Waals surface area (Å²) in [5, 5.41) is 0. The summed E-state index contributed by atoms with van der Waals surface area (Å²) >= 11 is 0. The van der Waals surface area contributed by atoms with Crippen molar-refractivity contribution in [2.24, 2.45) is 0 Å². The maximum Gasteiger partial charge on any atom is 0.305 e. The van der Waals surface area contributed by atoms with Crippen LogP contribution in [0, 0.1) is 0 Å². The zero-order chi connectivity index (χ0) is 19.7. The van der Waals surface area contributed by atoms with Crippen LogP contribution in [0.25, 0.3) is 0 Å². The monoisotopic (exact) mass is 460 g/mol. The van der Waals surface area contributed by atoms with Gasteiger partial charge < -0.3 is 27.5 Å². The average molecular weight is 460 g/mol. The number of carbonyl (C=O) groups is 1. The Balaban J connectivity index is 2.37. The van der Waals surface area contributed by atoms with E-state index >= 15 is 0 Å². The molecule has 0 N–H and O–H groups in total. The van der Waals surface area contributed by atoms with Gasteiger partial charge in [0.1, 0.15) is 24.9 Å². The van der Waals surface area contributed by atoms with Crippen molar-refractivity contribution in [2.75, 3.05) is 13.7 Å². The number of ether oxygens (including phenoxy) is 2. The lowest BCUT2D eigenvalue weighted by Gasteiger charge is -2.28. The molecular weight excluding hydrogens is 429 g/mol. The first-order valence-corrected chi connectivity index (χ1v) is 14.4. The fraction of sp³-hybridized carbons (Fsp3) is 0.929. The van der Waals surface area contributed by atoms with Crippen LogP contribution in [-0.2, 0) is 32.3 Å². The number of rotatable bonds is 12. The van der Waals surface area contributed by atoms with Crippen molar-refractivity contribution >= 4 is 52.2 Å². The van der Waals surface area contributed by atoms with Crippen LogP contribution in [0.3, 0.4) is 0 Å². The van der Waals surface area contributed by atoms with E-state index < -0.39 is 41.9 Å². The summed E-state index contributed by atoms with van der Waals surface area (Å²) in [7, 11) is 7.25. The highest BCUT2D eigenvalue weighted by atomic mass is 31.0. The van der Waals surface area contributed by atoms with Gasteiger partial charge in [-0.05, 0) is 25.6 Å². The minimum absolute atomic E-state index is 0.0990. The van der Waals surface area contributed by atoms with Gasteiger partial charge >= 0.3 is 5.97 Å². The van der Waals surface area contributed by atoms with Crippen molar-refractivity contribution in [1.29, 1.82) is 0 Å². The second-order valence-electron chi connectivity index (χ2n) is 6.52. The molecule has 0 amide bonds. The largest absolute Gasteiger partial charge is 0.463 e. The average Bonchev–Trinajstić information content (AvgIpc) is 2.91. The van der Waals surface area contributed by atoms with E-state index in [9.17, 15) is 4.79 Å². The van der Waals surface area contributed by atoms with E-state index in [1.807, 2.05) is 0 Å². The standard InChI is InChI=1S/C14H31O7P3Si2/c1-14(21-24)13(20-23)12(19-22)10(18-14)8-17-11(15)6-5-7-25(3)9-26(4)16-2/h10,12-13H,5-9,22-24H2,1-4H3/t10-,12?,13?,14-/m1/s1. The topological polar surface area (TPSA) is 72.5 Å². The van der Waals surface area contributed by atoms with E-state index in [0.29, 0.717) is 6.42 Å². The first-order valence-electron chi connectivity index (χ1n) is 8.41. The molecule has 5 unspecified atom stereocenters. The lowest BCUT2D eigenvalue weighted by atomic mass is 10.1. The molecule has 1 rings (SSSR count). The SMILES string of the molecule is CO[Si](C)C[Si](C)CCCC(=O)OC[C@H]1O[C@](C)(OP)C(OP)C1OP. The van der Waals surface area contributed by atoms with Crippen LogP contribution in [0.4, 0.5) is 0 Å². The zero-order valence-electron chi connectivity index (χ0n) is 15.9. The second kappa shape index (κ2) is 12.5. The van der Waals surface area contributed by atoms with E-state index in [1.54, 1.807) is 14.0 Å². The lowest BCUT2D eigenvalue weighted by molar-refractivity contribution is -0.190. The van der Waals surface area contributed by atoms with Gasteiger partial charge in [-0.3, -0.25) is 4.79 Å².